The van der Waals surface area contributed by atoms with Crippen molar-refractivity contribution in [1.29, 1.82) is 0 Å². The molecule has 0 saturated heterocycles. The number of rotatable bonds is 5. The lowest BCUT2D eigenvalue weighted by Gasteiger charge is -2.11. The Balaban J connectivity index is 1.72. The molecule has 0 aliphatic heterocycles. The molecule has 1 saturated carbocycles. The number of aryl methyl sites for hydroxylation is 1. The van der Waals surface area contributed by atoms with Crippen LogP contribution in [-0.2, 0) is 6.42 Å². The van der Waals surface area contributed by atoms with Crippen LogP contribution < -0.4 is 5.32 Å². The van der Waals surface area contributed by atoms with Crippen molar-refractivity contribution in [2.24, 2.45) is 5.92 Å². The van der Waals surface area contributed by atoms with Gasteiger partial charge in [0, 0.05) is 15.8 Å². The van der Waals surface area contributed by atoms with Gasteiger partial charge < -0.3 is 5.32 Å². The van der Waals surface area contributed by atoms with Gasteiger partial charge in [0.15, 0.2) is 0 Å². The van der Waals surface area contributed by atoms with Crippen LogP contribution in [0.15, 0.2) is 12.1 Å². The zero-order valence-corrected chi connectivity index (χ0v) is 9.86. The summed E-state index contributed by atoms with van der Waals surface area (Å²) in [6.45, 7) is 5.69. The van der Waals surface area contributed by atoms with Crippen molar-refractivity contribution in [3.63, 3.8) is 0 Å². The van der Waals surface area contributed by atoms with E-state index in [1.54, 1.807) is 0 Å². The van der Waals surface area contributed by atoms with E-state index in [1.165, 1.54) is 35.6 Å². The van der Waals surface area contributed by atoms with Crippen LogP contribution in [0.1, 0.15) is 29.5 Å². The number of nitrogens with one attached hydrogen (secondary N) is 1. The maximum Gasteiger partial charge on any atom is 0.00871 e. The van der Waals surface area contributed by atoms with E-state index >= 15 is 0 Å². The predicted octanol–water partition coefficient (Wildman–Crippen LogP) is 2.99. The van der Waals surface area contributed by atoms with Gasteiger partial charge in [0.25, 0.3) is 0 Å². The highest BCUT2D eigenvalue weighted by atomic mass is 32.1. The molecule has 1 nitrogen and oxygen atoms in total. The molecule has 1 aromatic heterocycles. The molecule has 1 unspecified atom stereocenters. The quantitative estimate of drug-likeness (QED) is 0.786. The second-order valence-electron chi connectivity index (χ2n) is 4.47. The first-order valence-electron chi connectivity index (χ1n) is 5.53. The molecule has 0 aromatic carbocycles. The Morgan fingerprint density at radius 2 is 2.29 bits per heavy atom. The molecular formula is C12H19NS. The maximum atomic E-state index is 3.61. The van der Waals surface area contributed by atoms with Crippen LogP contribution in [0.3, 0.4) is 0 Å². The van der Waals surface area contributed by atoms with Gasteiger partial charge in [0.2, 0.25) is 0 Å². The Kier molecular flexibility index (Phi) is 3.24. The number of hydrogen-bond acceptors (Lipinski definition) is 2. The van der Waals surface area contributed by atoms with Gasteiger partial charge in [-0.15, -0.1) is 11.3 Å². The molecule has 0 bridgehead atoms. The Morgan fingerprint density at radius 3 is 2.86 bits per heavy atom. The predicted molar refractivity (Wildman–Crippen MR) is 62.9 cm³/mol. The molecule has 1 aliphatic carbocycles. The second-order valence-corrected chi connectivity index (χ2v) is 5.84. The minimum Gasteiger partial charge on any atom is -0.314 e. The van der Waals surface area contributed by atoms with Gasteiger partial charge in [-0.1, -0.05) is 0 Å². The van der Waals surface area contributed by atoms with Gasteiger partial charge in [-0.05, 0) is 57.7 Å². The lowest BCUT2D eigenvalue weighted by atomic mass is 10.2. The Morgan fingerprint density at radius 1 is 1.50 bits per heavy atom. The lowest BCUT2D eigenvalue weighted by molar-refractivity contribution is 0.528. The highest BCUT2D eigenvalue weighted by Crippen LogP contribution is 2.27. The van der Waals surface area contributed by atoms with E-state index in [4.69, 9.17) is 0 Å². The zero-order valence-electron chi connectivity index (χ0n) is 9.05. The third-order valence-corrected chi connectivity index (χ3v) is 3.78. The van der Waals surface area contributed by atoms with Gasteiger partial charge in [0.1, 0.15) is 0 Å². The monoisotopic (exact) mass is 209 g/mol. The van der Waals surface area contributed by atoms with E-state index in [-0.39, 0.29) is 0 Å². The van der Waals surface area contributed by atoms with Crippen LogP contribution in [0.4, 0.5) is 0 Å². The smallest absolute Gasteiger partial charge is 0.00871 e. The topological polar surface area (TPSA) is 12.0 Å². The summed E-state index contributed by atoms with van der Waals surface area (Å²) in [5, 5.41) is 3.61. The van der Waals surface area contributed by atoms with Gasteiger partial charge in [0.05, 0.1) is 0 Å². The third kappa shape index (κ3) is 3.10. The summed E-state index contributed by atoms with van der Waals surface area (Å²) in [5.74, 6) is 0.988. The van der Waals surface area contributed by atoms with Crippen LogP contribution >= 0.6 is 11.3 Å². The fourth-order valence-electron chi connectivity index (χ4n) is 1.66. The van der Waals surface area contributed by atoms with Crippen molar-refractivity contribution >= 4 is 11.3 Å². The second kappa shape index (κ2) is 4.45. The van der Waals surface area contributed by atoms with Gasteiger partial charge >= 0.3 is 0 Å². The van der Waals surface area contributed by atoms with E-state index in [1.807, 2.05) is 11.3 Å². The summed E-state index contributed by atoms with van der Waals surface area (Å²) < 4.78 is 0. The lowest BCUT2D eigenvalue weighted by Crippen LogP contribution is -2.29. The third-order valence-electron chi connectivity index (χ3n) is 2.76. The molecule has 1 N–H and O–H groups in total. The van der Waals surface area contributed by atoms with Crippen molar-refractivity contribution in [2.45, 2.75) is 39.2 Å². The highest BCUT2D eigenvalue weighted by Gasteiger charge is 2.21. The van der Waals surface area contributed by atoms with E-state index in [2.05, 4.69) is 31.3 Å². The average Bonchev–Trinajstić information content (AvgIpc) is 2.88. The van der Waals surface area contributed by atoms with Crippen LogP contribution in [0.2, 0.25) is 0 Å². The average molecular weight is 209 g/mol. The molecule has 1 aromatic rings. The van der Waals surface area contributed by atoms with Crippen molar-refractivity contribution in [2.75, 3.05) is 6.54 Å². The molecule has 1 heterocycles. The molecule has 1 atom stereocenters. The fraction of sp³-hybridized carbons (Fsp3) is 0.667. The summed E-state index contributed by atoms with van der Waals surface area (Å²) in [5.41, 5.74) is 0. The Labute approximate surface area is 90.5 Å². The molecule has 0 amide bonds. The zero-order chi connectivity index (χ0) is 9.97. The normalized spacial score (nSPS) is 18.4. The molecule has 0 radical (unpaired) electrons. The van der Waals surface area contributed by atoms with Gasteiger partial charge in [-0.3, -0.25) is 0 Å². The first-order valence-corrected chi connectivity index (χ1v) is 6.34. The fourth-order valence-corrected chi connectivity index (χ4v) is 2.68. The van der Waals surface area contributed by atoms with Gasteiger partial charge in [-0.25, -0.2) is 0 Å². The van der Waals surface area contributed by atoms with Crippen LogP contribution in [0.5, 0.6) is 0 Å². The molecule has 2 rings (SSSR count). The molecule has 78 valence electrons. The van der Waals surface area contributed by atoms with E-state index in [0.29, 0.717) is 6.04 Å². The number of hydrogen-bond donors (Lipinski definition) is 1. The van der Waals surface area contributed by atoms with E-state index in [0.717, 1.165) is 5.92 Å². The van der Waals surface area contributed by atoms with Crippen molar-refractivity contribution in [3.05, 3.63) is 21.9 Å². The Hall–Kier alpha value is -0.340. The summed E-state index contributed by atoms with van der Waals surface area (Å²) >= 11 is 1.93. The standard InChI is InChI=1S/C12H19NS/c1-9(13-8-11-4-5-11)7-12-6-3-10(2)14-12/h3,6,9,11,13H,4-5,7-8H2,1-2H3. The molecule has 1 fully saturated rings. The molecule has 1 aliphatic rings. The first-order chi connectivity index (χ1) is 6.74. The number of thiophene rings is 1. The van der Waals surface area contributed by atoms with Crippen LogP contribution in [-0.4, -0.2) is 12.6 Å². The molecular weight excluding hydrogens is 190 g/mol. The van der Waals surface area contributed by atoms with Crippen molar-refractivity contribution in [1.82, 2.24) is 5.32 Å². The van der Waals surface area contributed by atoms with E-state index < -0.39 is 0 Å². The summed E-state index contributed by atoms with van der Waals surface area (Å²) in [6, 6.07) is 5.11. The molecule has 0 spiro atoms. The summed E-state index contributed by atoms with van der Waals surface area (Å²) in [7, 11) is 0. The molecule has 2 heteroatoms. The Bertz CT molecular complexity index is 288. The van der Waals surface area contributed by atoms with Crippen molar-refractivity contribution in [3.8, 4) is 0 Å². The van der Waals surface area contributed by atoms with Crippen molar-refractivity contribution < 1.29 is 0 Å². The summed E-state index contributed by atoms with van der Waals surface area (Å²) in [4.78, 5) is 2.94. The van der Waals surface area contributed by atoms with Crippen LogP contribution in [0.25, 0.3) is 0 Å². The maximum absolute atomic E-state index is 3.61. The molecule has 14 heavy (non-hydrogen) atoms. The minimum absolute atomic E-state index is 0.633. The van der Waals surface area contributed by atoms with Crippen LogP contribution in [0, 0.1) is 12.8 Å². The highest BCUT2D eigenvalue weighted by molar-refractivity contribution is 7.11. The summed E-state index contributed by atoms with van der Waals surface area (Å²) in [6.07, 6.45) is 4.07. The van der Waals surface area contributed by atoms with Gasteiger partial charge in [-0.2, -0.15) is 0 Å². The van der Waals surface area contributed by atoms with E-state index in [9.17, 15) is 0 Å². The largest absolute Gasteiger partial charge is 0.314 e. The minimum atomic E-state index is 0.633. The first kappa shape index (κ1) is 10.2. The SMILES string of the molecule is Cc1ccc(CC(C)NCC2CC2)s1.